The molecule has 2 aromatic carbocycles. The molecule has 3 nitrogen and oxygen atoms in total. The molecule has 0 fully saturated rings. The first kappa shape index (κ1) is 13.2. The zero-order chi connectivity index (χ0) is 14.8. The zero-order valence-corrected chi connectivity index (χ0v) is 11.1. The lowest BCUT2D eigenvalue weighted by Gasteiger charge is -2.03. The predicted octanol–water partition coefficient (Wildman–Crippen LogP) is 3.24. The Morgan fingerprint density at radius 3 is 2.05 bits per heavy atom. The molecule has 0 atom stereocenters. The van der Waals surface area contributed by atoms with E-state index in [1.165, 1.54) is 12.1 Å². The standard InChI is InChI=1S/C17H12FNO2/c18-11-5-7-12(8-6-11)19-10-9-15-16(20)13-3-1-2-4-14(13)17(15)21/h1-9,19H,10H2. The van der Waals surface area contributed by atoms with Gasteiger partial charge in [-0.25, -0.2) is 4.39 Å². The van der Waals surface area contributed by atoms with E-state index >= 15 is 0 Å². The van der Waals surface area contributed by atoms with Crippen LogP contribution in [0.25, 0.3) is 0 Å². The van der Waals surface area contributed by atoms with Crippen molar-refractivity contribution >= 4 is 17.3 Å². The average Bonchev–Trinajstić information content (AvgIpc) is 2.75. The molecule has 1 aliphatic rings. The topological polar surface area (TPSA) is 46.2 Å². The SMILES string of the molecule is O=C1C(=CCNc2ccc(F)cc2)C(=O)c2ccccc21. The van der Waals surface area contributed by atoms with Gasteiger partial charge in [-0.3, -0.25) is 9.59 Å². The molecule has 1 aliphatic carbocycles. The van der Waals surface area contributed by atoms with E-state index in [0.29, 0.717) is 17.7 Å². The summed E-state index contributed by atoms with van der Waals surface area (Å²) in [4.78, 5) is 24.3. The van der Waals surface area contributed by atoms with Gasteiger partial charge in [0, 0.05) is 23.4 Å². The van der Waals surface area contributed by atoms with Crippen molar-refractivity contribution in [1.82, 2.24) is 0 Å². The number of Topliss-reactive ketones (excluding diaryl/α,β-unsaturated/α-hetero) is 2. The van der Waals surface area contributed by atoms with Crippen molar-refractivity contribution < 1.29 is 14.0 Å². The van der Waals surface area contributed by atoms with Crippen LogP contribution in [0.4, 0.5) is 10.1 Å². The molecule has 1 N–H and O–H groups in total. The molecular weight excluding hydrogens is 269 g/mol. The van der Waals surface area contributed by atoms with E-state index in [-0.39, 0.29) is 23.0 Å². The monoisotopic (exact) mass is 281 g/mol. The number of carbonyl (C=O) groups is 2. The minimum atomic E-state index is -0.310. The number of anilines is 1. The third-order valence-electron chi connectivity index (χ3n) is 3.36. The third kappa shape index (κ3) is 2.48. The lowest BCUT2D eigenvalue weighted by molar-refractivity contribution is 0.0988. The highest BCUT2D eigenvalue weighted by Crippen LogP contribution is 2.25. The predicted molar refractivity (Wildman–Crippen MR) is 78.1 cm³/mol. The molecule has 2 aromatic rings. The second-order valence-electron chi connectivity index (χ2n) is 4.71. The number of nitrogens with one attached hydrogen (secondary N) is 1. The van der Waals surface area contributed by atoms with Gasteiger partial charge in [0.25, 0.3) is 0 Å². The Hall–Kier alpha value is -2.75. The van der Waals surface area contributed by atoms with Crippen LogP contribution < -0.4 is 5.32 Å². The minimum absolute atomic E-state index is 0.186. The fourth-order valence-corrected chi connectivity index (χ4v) is 2.30. The molecule has 3 rings (SSSR count). The van der Waals surface area contributed by atoms with Crippen LogP contribution in [0.15, 0.2) is 60.2 Å². The van der Waals surface area contributed by atoms with Gasteiger partial charge in [0.1, 0.15) is 5.82 Å². The van der Waals surface area contributed by atoms with Gasteiger partial charge in [0.2, 0.25) is 0 Å². The lowest BCUT2D eigenvalue weighted by Crippen LogP contribution is -2.05. The van der Waals surface area contributed by atoms with Crippen LogP contribution in [0.1, 0.15) is 20.7 Å². The number of fused-ring (bicyclic) bond motifs is 1. The Labute approximate surface area is 121 Å². The Morgan fingerprint density at radius 2 is 1.48 bits per heavy atom. The van der Waals surface area contributed by atoms with E-state index in [1.54, 1.807) is 42.5 Å². The van der Waals surface area contributed by atoms with E-state index in [9.17, 15) is 14.0 Å². The van der Waals surface area contributed by atoms with Crippen molar-refractivity contribution in [3.63, 3.8) is 0 Å². The summed E-state index contributed by atoms with van der Waals surface area (Å²) < 4.78 is 12.8. The van der Waals surface area contributed by atoms with Crippen LogP contribution in [-0.4, -0.2) is 18.1 Å². The first-order chi connectivity index (χ1) is 10.2. The number of halogens is 1. The number of benzene rings is 2. The number of allylic oxidation sites excluding steroid dienone is 1. The van der Waals surface area contributed by atoms with Gasteiger partial charge < -0.3 is 5.32 Å². The van der Waals surface area contributed by atoms with E-state index < -0.39 is 0 Å². The van der Waals surface area contributed by atoms with E-state index in [2.05, 4.69) is 5.32 Å². The quantitative estimate of drug-likeness (QED) is 0.694. The molecule has 0 saturated carbocycles. The number of ketones is 2. The molecule has 0 bridgehead atoms. The maximum atomic E-state index is 12.8. The van der Waals surface area contributed by atoms with Gasteiger partial charge in [-0.1, -0.05) is 30.3 Å². The summed E-state index contributed by atoms with van der Waals surface area (Å²) in [6, 6.07) is 12.7. The summed E-state index contributed by atoms with van der Waals surface area (Å²) in [6.45, 7) is 0.326. The van der Waals surface area contributed by atoms with Crippen LogP contribution in [0.5, 0.6) is 0 Å². The van der Waals surface area contributed by atoms with Crippen LogP contribution in [0, 0.1) is 5.82 Å². The first-order valence-electron chi connectivity index (χ1n) is 6.55. The van der Waals surface area contributed by atoms with E-state index in [0.717, 1.165) is 5.69 Å². The fourth-order valence-electron chi connectivity index (χ4n) is 2.30. The van der Waals surface area contributed by atoms with Gasteiger partial charge in [-0.05, 0) is 24.3 Å². The molecule has 0 heterocycles. The Kier molecular flexibility index (Phi) is 3.36. The molecule has 21 heavy (non-hydrogen) atoms. The van der Waals surface area contributed by atoms with Crippen molar-refractivity contribution in [2.45, 2.75) is 0 Å². The van der Waals surface area contributed by atoms with Crippen molar-refractivity contribution in [3.05, 3.63) is 77.1 Å². The van der Waals surface area contributed by atoms with E-state index in [1.807, 2.05) is 0 Å². The average molecular weight is 281 g/mol. The van der Waals surface area contributed by atoms with Crippen molar-refractivity contribution in [1.29, 1.82) is 0 Å². The van der Waals surface area contributed by atoms with Crippen LogP contribution >= 0.6 is 0 Å². The molecule has 0 amide bonds. The maximum absolute atomic E-state index is 12.8. The fraction of sp³-hybridized carbons (Fsp3) is 0.0588. The lowest BCUT2D eigenvalue weighted by atomic mass is 10.1. The highest BCUT2D eigenvalue weighted by atomic mass is 19.1. The summed E-state index contributed by atoms with van der Waals surface area (Å²) in [5.41, 5.74) is 1.82. The third-order valence-corrected chi connectivity index (χ3v) is 3.36. The number of carbonyl (C=O) groups excluding carboxylic acids is 2. The smallest absolute Gasteiger partial charge is 0.197 e. The maximum Gasteiger partial charge on any atom is 0.197 e. The van der Waals surface area contributed by atoms with Crippen LogP contribution in [0.2, 0.25) is 0 Å². The van der Waals surface area contributed by atoms with Gasteiger partial charge in [0.15, 0.2) is 11.6 Å². The summed E-state index contributed by atoms with van der Waals surface area (Å²) >= 11 is 0. The molecule has 104 valence electrons. The van der Waals surface area contributed by atoms with Crippen LogP contribution in [-0.2, 0) is 0 Å². The van der Waals surface area contributed by atoms with Gasteiger partial charge >= 0.3 is 0 Å². The summed E-state index contributed by atoms with van der Waals surface area (Å²) in [7, 11) is 0. The van der Waals surface area contributed by atoms with Crippen molar-refractivity contribution in [2.75, 3.05) is 11.9 Å². The summed E-state index contributed by atoms with van der Waals surface area (Å²) in [5.74, 6) is -0.788. The Morgan fingerprint density at radius 1 is 0.905 bits per heavy atom. The summed E-state index contributed by atoms with van der Waals surface area (Å²) in [6.07, 6.45) is 1.58. The molecule has 0 aliphatic heterocycles. The van der Waals surface area contributed by atoms with Gasteiger partial charge in [-0.15, -0.1) is 0 Å². The molecule has 0 radical (unpaired) electrons. The second-order valence-corrected chi connectivity index (χ2v) is 4.71. The van der Waals surface area contributed by atoms with Crippen molar-refractivity contribution in [3.8, 4) is 0 Å². The molecule has 4 heteroatoms. The van der Waals surface area contributed by atoms with Gasteiger partial charge in [-0.2, -0.15) is 0 Å². The molecule has 0 unspecified atom stereocenters. The minimum Gasteiger partial charge on any atom is -0.382 e. The van der Waals surface area contributed by atoms with Crippen molar-refractivity contribution in [2.24, 2.45) is 0 Å². The Bertz CT molecular complexity index is 711. The largest absolute Gasteiger partial charge is 0.382 e. The van der Waals surface area contributed by atoms with E-state index in [4.69, 9.17) is 0 Å². The van der Waals surface area contributed by atoms with Gasteiger partial charge in [0.05, 0.1) is 5.57 Å². The molecule has 0 spiro atoms. The first-order valence-corrected chi connectivity index (χ1v) is 6.55. The second kappa shape index (κ2) is 5.32. The number of hydrogen-bond donors (Lipinski definition) is 1. The molecular formula is C17H12FNO2. The summed E-state index contributed by atoms with van der Waals surface area (Å²) in [5, 5.41) is 3.02. The zero-order valence-electron chi connectivity index (χ0n) is 11.1. The normalized spacial score (nSPS) is 13.3. The highest BCUT2D eigenvalue weighted by Gasteiger charge is 2.32. The highest BCUT2D eigenvalue weighted by molar-refractivity contribution is 6.39. The molecule has 0 aromatic heterocycles. The molecule has 0 saturated heterocycles. The Balaban J connectivity index is 1.75. The van der Waals surface area contributed by atoms with Crippen LogP contribution in [0.3, 0.4) is 0 Å². The number of rotatable bonds is 3. The number of hydrogen-bond acceptors (Lipinski definition) is 3.